The normalized spacial score (nSPS) is 11.5. The van der Waals surface area contributed by atoms with Crippen molar-refractivity contribution < 1.29 is 13.2 Å². The van der Waals surface area contributed by atoms with Crippen molar-refractivity contribution in [1.29, 1.82) is 5.26 Å². The summed E-state index contributed by atoms with van der Waals surface area (Å²) in [4.78, 5) is -0.0564. The minimum absolute atomic E-state index is 0.0564. The topological polar surface area (TPSA) is 96.4 Å². The predicted molar refractivity (Wildman–Crippen MR) is 76.7 cm³/mol. The summed E-state index contributed by atoms with van der Waals surface area (Å²) in [5, 5.41) is 8.91. The van der Waals surface area contributed by atoms with E-state index in [-0.39, 0.29) is 41.7 Å². The third-order valence-corrected chi connectivity index (χ3v) is 4.80. The highest BCUT2D eigenvalue weighted by Crippen LogP contribution is 2.25. The molecule has 0 unspecified atom stereocenters. The smallest absolute Gasteiger partial charge is 0.245 e. The minimum Gasteiger partial charge on any atom is -0.398 e. The largest absolute Gasteiger partial charge is 0.398 e. The molecule has 0 bridgehead atoms. The van der Waals surface area contributed by atoms with E-state index in [2.05, 4.69) is 0 Å². The Balaban J connectivity index is 3.14. The van der Waals surface area contributed by atoms with Gasteiger partial charge in [0.25, 0.3) is 0 Å². The molecule has 0 amide bonds. The van der Waals surface area contributed by atoms with E-state index in [0.29, 0.717) is 0 Å². The van der Waals surface area contributed by atoms with Crippen molar-refractivity contribution in [3.63, 3.8) is 0 Å². The number of anilines is 1. The lowest BCUT2D eigenvalue weighted by atomic mass is 10.3. The van der Waals surface area contributed by atoms with Crippen molar-refractivity contribution in [1.82, 2.24) is 4.31 Å². The molecule has 1 aromatic carbocycles. The summed E-state index contributed by atoms with van der Waals surface area (Å²) in [6.45, 7) is 0.450. The van der Waals surface area contributed by atoms with Gasteiger partial charge >= 0.3 is 0 Å². The number of nitrogen functional groups attached to an aromatic ring is 1. The Hall–Kier alpha value is -1.33. The minimum atomic E-state index is -3.81. The fraction of sp³-hybridized carbons (Fsp3) is 0.417. The molecule has 0 aliphatic rings. The van der Waals surface area contributed by atoms with Crippen LogP contribution in [-0.4, -0.2) is 39.5 Å². The molecule has 0 aromatic heterocycles. The van der Waals surface area contributed by atoms with Gasteiger partial charge in [-0.05, 0) is 18.2 Å². The van der Waals surface area contributed by atoms with Gasteiger partial charge in [0.05, 0.1) is 18.4 Å². The molecule has 0 atom stereocenters. The maximum absolute atomic E-state index is 12.5. The number of methoxy groups -OCH3 is 1. The van der Waals surface area contributed by atoms with Gasteiger partial charge in [0.15, 0.2) is 0 Å². The van der Waals surface area contributed by atoms with Crippen LogP contribution in [0.1, 0.15) is 6.42 Å². The molecule has 110 valence electrons. The van der Waals surface area contributed by atoms with Crippen molar-refractivity contribution in [2.75, 3.05) is 32.5 Å². The zero-order valence-corrected chi connectivity index (χ0v) is 12.6. The molecule has 0 saturated carbocycles. The van der Waals surface area contributed by atoms with Crippen LogP contribution in [0.2, 0.25) is 5.02 Å². The Morgan fingerprint density at radius 2 is 2.15 bits per heavy atom. The molecular weight excluding hydrogens is 302 g/mol. The van der Waals surface area contributed by atoms with Gasteiger partial charge in [-0.1, -0.05) is 11.6 Å². The fourth-order valence-corrected chi connectivity index (χ4v) is 3.39. The summed E-state index contributed by atoms with van der Waals surface area (Å²) >= 11 is 5.82. The lowest BCUT2D eigenvalue weighted by Gasteiger charge is -2.21. The highest BCUT2D eigenvalue weighted by molar-refractivity contribution is 7.89. The number of benzene rings is 1. The lowest BCUT2D eigenvalue weighted by Crippen LogP contribution is -2.35. The lowest BCUT2D eigenvalue weighted by molar-refractivity contribution is 0.179. The van der Waals surface area contributed by atoms with E-state index < -0.39 is 10.0 Å². The fourth-order valence-electron chi connectivity index (χ4n) is 1.59. The van der Waals surface area contributed by atoms with Crippen molar-refractivity contribution >= 4 is 27.3 Å². The molecule has 8 heteroatoms. The van der Waals surface area contributed by atoms with Crippen LogP contribution in [0.5, 0.6) is 0 Å². The summed E-state index contributed by atoms with van der Waals surface area (Å²) in [6.07, 6.45) is 0.0867. The molecule has 0 fully saturated rings. The number of ether oxygens (including phenoxy) is 1. The molecule has 0 heterocycles. The number of rotatable bonds is 7. The Labute approximate surface area is 123 Å². The van der Waals surface area contributed by atoms with Crippen molar-refractivity contribution in [2.45, 2.75) is 11.3 Å². The van der Waals surface area contributed by atoms with E-state index in [1.807, 2.05) is 6.07 Å². The second kappa shape index (κ2) is 7.45. The zero-order valence-electron chi connectivity index (χ0n) is 11.0. The number of sulfonamides is 1. The van der Waals surface area contributed by atoms with Crippen LogP contribution in [0.15, 0.2) is 23.1 Å². The highest BCUT2D eigenvalue weighted by atomic mass is 35.5. The number of nitriles is 1. The van der Waals surface area contributed by atoms with Gasteiger partial charge in [-0.3, -0.25) is 0 Å². The molecule has 0 saturated heterocycles. The number of hydrogen-bond acceptors (Lipinski definition) is 5. The molecule has 1 rings (SSSR count). The van der Waals surface area contributed by atoms with Gasteiger partial charge in [-0.2, -0.15) is 9.57 Å². The maximum atomic E-state index is 12.5. The van der Waals surface area contributed by atoms with E-state index >= 15 is 0 Å². The molecule has 0 spiro atoms. The Kier molecular flexibility index (Phi) is 6.23. The Morgan fingerprint density at radius 1 is 1.45 bits per heavy atom. The van der Waals surface area contributed by atoms with E-state index in [9.17, 15) is 8.42 Å². The average molecular weight is 318 g/mol. The summed E-state index contributed by atoms with van der Waals surface area (Å²) in [6, 6.07) is 6.18. The van der Waals surface area contributed by atoms with Crippen molar-refractivity contribution in [3.05, 3.63) is 23.2 Å². The van der Waals surface area contributed by atoms with Crippen molar-refractivity contribution in [2.24, 2.45) is 0 Å². The van der Waals surface area contributed by atoms with Gasteiger partial charge in [0, 0.05) is 31.6 Å². The number of nitrogens with two attached hydrogens (primary N) is 1. The van der Waals surface area contributed by atoms with E-state index in [4.69, 9.17) is 27.3 Å². The SMILES string of the molecule is COCCN(CCC#N)S(=O)(=O)c1cc(Cl)ccc1N. The van der Waals surface area contributed by atoms with Crippen LogP contribution < -0.4 is 5.73 Å². The molecule has 0 aliphatic heterocycles. The van der Waals surface area contributed by atoms with Crippen LogP contribution in [0.3, 0.4) is 0 Å². The number of hydrogen-bond donors (Lipinski definition) is 1. The first kappa shape index (κ1) is 16.7. The molecule has 2 N–H and O–H groups in total. The summed E-state index contributed by atoms with van der Waals surface area (Å²) < 4.78 is 31.1. The van der Waals surface area contributed by atoms with Gasteiger partial charge < -0.3 is 10.5 Å². The Morgan fingerprint density at radius 3 is 2.75 bits per heavy atom. The molecule has 20 heavy (non-hydrogen) atoms. The second-order valence-electron chi connectivity index (χ2n) is 3.99. The molecule has 0 aliphatic carbocycles. The van der Waals surface area contributed by atoms with E-state index in [1.165, 1.54) is 29.6 Å². The second-order valence-corrected chi connectivity index (χ2v) is 6.33. The molecular formula is C12H16ClN3O3S. The van der Waals surface area contributed by atoms with Gasteiger partial charge in [-0.25, -0.2) is 8.42 Å². The van der Waals surface area contributed by atoms with E-state index in [0.717, 1.165) is 0 Å². The van der Waals surface area contributed by atoms with Crippen LogP contribution in [-0.2, 0) is 14.8 Å². The summed E-state index contributed by atoms with van der Waals surface area (Å²) in [5.74, 6) is 0. The van der Waals surface area contributed by atoms with Gasteiger partial charge in [-0.15, -0.1) is 0 Å². The summed E-state index contributed by atoms with van der Waals surface area (Å²) in [7, 11) is -2.33. The predicted octanol–water partition coefficient (Wildman–Crippen LogP) is 1.47. The monoisotopic (exact) mass is 317 g/mol. The molecule has 6 nitrogen and oxygen atoms in total. The van der Waals surface area contributed by atoms with Crippen LogP contribution in [0.25, 0.3) is 0 Å². The number of halogens is 1. The van der Waals surface area contributed by atoms with Crippen LogP contribution >= 0.6 is 11.6 Å². The zero-order chi connectivity index (χ0) is 15.2. The third-order valence-electron chi connectivity index (χ3n) is 2.61. The first-order chi connectivity index (χ1) is 9.43. The van der Waals surface area contributed by atoms with Crippen LogP contribution in [0, 0.1) is 11.3 Å². The summed E-state index contributed by atoms with van der Waals surface area (Å²) in [5.41, 5.74) is 5.83. The van der Waals surface area contributed by atoms with Gasteiger partial charge in [0.1, 0.15) is 4.90 Å². The van der Waals surface area contributed by atoms with Gasteiger partial charge in [0.2, 0.25) is 10.0 Å². The number of nitrogens with zero attached hydrogens (tertiary/aromatic N) is 2. The van der Waals surface area contributed by atoms with E-state index in [1.54, 1.807) is 0 Å². The first-order valence-corrected chi connectivity index (χ1v) is 7.66. The quantitative estimate of drug-likeness (QED) is 0.768. The maximum Gasteiger partial charge on any atom is 0.245 e. The third kappa shape index (κ3) is 4.08. The van der Waals surface area contributed by atoms with Crippen LogP contribution in [0.4, 0.5) is 5.69 Å². The van der Waals surface area contributed by atoms with Crippen molar-refractivity contribution in [3.8, 4) is 6.07 Å². The molecule has 0 radical (unpaired) electrons. The average Bonchev–Trinajstić information content (AvgIpc) is 2.41. The highest BCUT2D eigenvalue weighted by Gasteiger charge is 2.26. The Bertz CT molecular complexity index is 598. The molecule has 1 aromatic rings. The first-order valence-electron chi connectivity index (χ1n) is 5.84. The standard InChI is InChI=1S/C12H16ClN3O3S/c1-19-8-7-16(6-2-5-14)20(17,18)12-9-10(13)3-4-11(12)15/h3-4,9H,2,6-8,15H2,1H3.